The van der Waals surface area contributed by atoms with Gasteiger partial charge in [0.25, 0.3) is 0 Å². The number of esters is 1. The van der Waals surface area contributed by atoms with Crippen LogP contribution < -0.4 is 4.74 Å². The minimum absolute atomic E-state index is 0.0825. The van der Waals surface area contributed by atoms with Crippen molar-refractivity contribution >= 4 is 21.6 Å². The lowest BCUT2D eigenvalue weighted by molar-refractivity contribution is 0.0471. The van der Waals surface area contributed by atoms with Crippen molar-refractivity contribution in [1.82, 2.24) is 4.57 Å². The Balaban J connectivity index is 1.74. The number of hydrogen-bond donors (Lipinski definition) is 0. The van der Waals surface area contributed by atoms with E-state index in [1.807, 2.05) is 24.5 Å². The number of hydrogen-bond acceptors (Lipinski definition) is 6. The number of aromatic nitrogens is 1. The maximum absolute atomic E-state index is 12.7. The normalized spacial score (nSPS) is 17.9. The Hall–Kier alpha value is -2.61. The van der Waals surface area contributed by atoms with Gasteiger partial charge < -0.3 is 14.0 Å². The molecule has 7 nitrogen and oxygen atoms in total. The topological polar surface area (TPSA) is 91.7 Å². The van der Waals surface area contributed by atoms with E-state index in [0.717, 1.165) is 11.3 Å². The number of Topliss-reactive ketones (excluding diaryl/α,β-unsaturated/α-hetero) is 1. The number of methoxy groups -OCH3 is 1. The zero-order chi connectivity index (χ0) is 21.3. The van der Waals surface area contributed by atoms with Crippen molar-refractivity contribution < 1.29 is 27.5 Å². The molecular weight excluding hydrogens is 394 g/mol. The predicted molar refractivity (Wildman–Crippen MR) is 109 cm³/mol. The molecule has 3 rings (SSSR count). The van der Waals surface area contributed by atoms with Gasteiger partial charge in [0.05, 0.1) is 18.6 Å². The highest BCUT2D eigenvalue weighted by Gasteiger charge is 2.31. The molecule has 1 fully saturated rings. The summed E-state index contributed by atoms with van der Waals surface area (Å²) in [6.45, 7) is 5.08. The second-order valence-corrected chi connectivity index (χ2v) is 9.64. The summed E-state index contributed by atoms with van der Waals surface area (Å²) >= 11 is 0. The smallest absolute Gasteiger partial charge is 0.342 e. The van der Waals surface area contributed by atoms with Crippen molar-refractivity contribution in [2.24, 2.45) is 0 Å². The van der Waals surface area contributed by atoms with E-state index in [-0.39, 0.29) is 28.9 Å². The summed E-state index contributed by atoms with van der Waals surface area (Å²) < 4.78 is 36.0. The van der Waals surface area contributed by atoms with Crippen molar-refractivity contribution in [3.63, 3.8) is 0 Å². The molecule has 1 atom stereocenters. The van der Waals surface area contributed by atoms with E-state index < -0.39 is 22.4 Å². The van der Waals surface area contributed by atoms with E-state index in [2.05, 4.69) is 0 Å². The van der Waals surface area contributed by atoms with Gasteiger partial charge in [-0.3, -0.25) is 4.79 Å². The van der Waals surface area contributed by atoms with Gasteiger partial charge in [-0.15, -0.1) is 0 Å². The number of ketones is 1. The van der Waals surface area contributed by atoms with Crippen molar-refractivity contribution in [3.05, 3.63) is 52.3 Å². The number of nitrogens with zero attached hydrogens (tertiary/aromatic N) is 1. The van der Waals surface area contributed by atoms with Gasteiger partial charge in [-0.2, -0.15) is 0 Å². The van der Waals surface area contributed by atoms with Crippen molar-refractivity contribution in [1.29, 1.82) is 0 Å². The fraction of sp³-hybridized carbons (Fsp3) is 0.429. The SMILES string of the molecule is COc1ccc(C)cc1C(=O)OCC(=O)c1cc(C)n([C@@H]2CCS(=O)(=O)C2)c1C. The van der Waals surface area contributed by atoms with Gasteiger partial charge >= 0.3 is 5.97 Å². The van der Waals surface area contributed by atoms with Gasteiger partial charge in [-0.1, -0.05) is 11.6 Å². The van der Waals surface area contributed by atoms with Crippen molar-refractivity contribution in [2.75, 3.05) is 25.2 Å². The Labute approximate surface area is 170 Å². The molecule has 0 amide bonds. The maximum atomic E-state index is 12.7. The molecule has 0 bridgehead atoms. The minimum Gasteiger partial charge on any atom is -0.496 e. The molecule has 29 heavy (non-hydrogen) atoms. The molecule has 0 saturated carbocycles. The summed E-state index contributed by atoms with van der Waals surface area (Å²) in [5, 5.41) is 0. The lowest BCUT2D eigenvalue weighted by Crippen LogP contribution is -2.17. The van der Waals surface area contributed by atoms with Crippen LogP contribution in [-0.2, 0) is 14.6 Å². The van der Waals surface area contributed by atoms with Crippen LogP contribution in [0.3, 0.4) is 0 Å². The fourth-order valence-electron chi connectivity index (χ4n) is 3.87. The monoisotopic (exact) mass is 419 g/mol. The summed E-state index contributed by atoms with van der Waals surface area (Å²) in [4.78, 5) is 25.1. The number of carbonyl (C=O) groups is 2. The van der Waals surface area contributed by atoms with Gasteiger partial charge in [0.2, 0.25) is 5.78 Å². The predicted octanol–water partition coefficient (Wildman–Crippen LogP) is 2.82. The highest BCUT2D eigenvalue weighted by Crippen LogP contribution is 2.29. The van der Waals surface area contributed by atoms with Crippen LogP contribution in [-0.4, -0.2) is 50.0 Å². The molecule has 1 aliphatic heterocycles. The van der Waals surface area contributed by atoms with Gasteiger partial charge in [-0.25, -0.2) is 13.2 Å². The highest BCUT2D eigenvalue weighted by molar-refractivity contribution is 7.91. The van der Waals surface area contributed by atoms with Crippen LogP contribution in [0.1, 0.15) is 50.1 Å². The standard InChI is InChI=1S/C21H25NO6S/c1-13-5-6-20(27-4)18(9-13)21(24)28-11-19(23)17-10-14(2)22(15(17)3)16-7-8-29(25,26)12-16/h5-6,9-10,16H,7-8,11-12H2,1-4H3/t16-/m1/s1. The molecule has 2 heterocycles. The number of aryl methyl sites for hydroxylation is 2. The van der Waals surface area contributed by atoms with Gasteiger partial charge in [-0.05, 0) is 45.4 Å². The summed E-state index contributed by atoms with van der Waals surface area (Å²) in [5.74, 6) is -0.332. The summed E-state index contributed by atoms with van der Waals surface area (Å²) in [6.07, 6.45) is 0.536. The number of ether oxygens (including phenoxy) is 2. The molecule has 0 unspecified atom stereocenters. The summed E-state index contributed by atoms with van der Waals surface area (Å²) in [7, 11) is -1.57. The van der Waals surface area contributed by atoms with Gasteiger partial charge in [0.1, 0.15) is 11.3 Å². The maximum Gasteiger partial charge on any atom is 0.342 e. The third kappa shape index (κ3) is 4.37. The first-order valence-electron chi connectivity index (χ1n) is 9.36. The van der Waals surface area contributed by atoms with Crippen LogP contribution in [0, 0.1) is 20.8 Å². The zero-order valence-corrected chi connectivity index (χ0v) is 17.8. The highest BCUT2D eigenvalue weighted by atomic mass is 32.2. The molecule has 0 aliphatic carbocycles. The van der Waals surface area contributed by atoms with Crippen molar-refractivity contribution in [2.45, 2.75) is 33.2 Å². The molecular formula is C21H25NO6S. The number of sulfone groups is 1. The zero-order valence-electron chi connectivity index (χ0n) is 17.0. The number of carbonyl (C=O) groups excluding carboxylic acids is 2. The second-order valence-electron chi connectivity index (χ2n) is 7.41. The van der Waals surface area contributed by atoms with Crippen LogP contribution >= 0.6 is 0 Å². The number of rotatable bonds is 6. The molecule has 156 valence electrons. The average Bonchev–Trinajstić information content (AvgIpc) is 3.17. The first-order valence-corrected chi connectivity index (χ1v) is 11.2. The van der Waals surface area contributed by atoms with E-state index in [0.29, 0.717) is 23.4 Å². The quantitative estimate of drug-likeness (QED) is 0.528. The lowest BCUT2D eigenvalue weighted by Gasteiger charge is -2.16. The second kappa shape index (κ2) is 8.02. The van der Waals surface area contributed by atoms with Crippen LogP contribution in [0.2, 0.25) is 0 Å². The molecule has 0 N–H and O–H groups in total. The largest absolute Gasteiger partial charge is 0.496 e. The van der Waals surface area contributed by atoms with Crippen LogP contribution in [0.5, 0.6) is 5.75 Å². The van der Waals surface area contributed by atoms with E-state index in [4.69, 9.17) is 9.47 Å². The van der Waals surface area contributed by atoms with Crippen LogP contribution in [0.15, 0.2) is 24.3 Å². The average molecular weight is 419 g/mol. The molecule has 1 aromatic heterocycles. The Morgan fingerprint density at radius 2 is 1.86 bits per heavy atom. The minimum atomic E-state index is -3.04. The Kier molecular flexibility index (Phi) is 5.84. The number of benzene rings is 1. The molecule has 0 radical (unpaired) electrons. The van der Waals surface area contributed by atoms with Crippen LogP contribution in [0.25, 0.3) is 0 Å². The Morgan fingerprint density at radius 1 is 1.14 bits per heavy atom. The summed E-state index contributed by atoms with van der Waals surface area (Å²) in [6, 6.07) is 6.71. The molecule has 1 aliphatic rings. The first kappa shape index (κ1) is 21.1. The molecule has 8 heteroatoms. The van der Waals surface area contributed by atoms with Crippen molar-refractivity contribution in [3.8, 4) is 5.75 Å². The van der Waals surface area contributed by atoms with E-state index in [9.17, 15) is 18.0 Å². The van der Waals surface area contributed by atoms with Crippen LogP contribution in [0.4, 0.5) is 0 Å². The lowest BCUT2D eigenvalue weighted by atomic mass is 10.1. The molecule has 1 saturated heterocycles. The third-order valence-electron chi connectivity index (χ3n) is 5.27. The fourth-order valence-corrected chi connectivity index (χ4v) is 5.57. The summed E-state index contributed by atoms with van der Waals surface area (Å²) in [5.41, 5.74) is 3.09. The molecule has 2 aromatic rings. The van der Waals surface area contributed by atoms with E-state index in [1.54, 1.807) is 25.1 Å². The molecule has 0 spiro atoms. The van der Waals surface area contributed by atoms with Gasteiger partial charge in [0.15, 0.2) is 16.4 Å². The van der Waals surface area contributed by atoms with E-state index in [1.165, 1.54) is 7.11 Å². The Morgan fingerprint density at radius 3 is 2.48 bits per heavy atom. The first-order chi connectivity index (χ1) is 13.6. The molecule has 1 aromatic carbocycles. The Bertz CT molecular complexity index is 1070. The third-order valence-corrected chi connectivity index (χ3v) is 7.02. The van der Waals surface area contributed by atoms with E-state index >= 15 is 0 Å². The van der Waals surface area contributed by atoms with Gasteiger partial charge in [0, 0.05) is 23.0 Å².